The lowest BCUT2D eigenvalue weighted by Gasteiger charge is -2.07. The Labute approximate surface area is 52.9 Å². The first-order valence-electron chi connectivity index (χ1n) is 2.57. The lowest BCUT2D eigenvalue weighted by atomic mass is 9.72. The van der Waals surface area contributed by atoms with Gasteiger partial charge in [-0.15, -0.1) is 0 Å². The average Bonchev–Trinajstić information content (AvgIpc) is 1.66. The predicted octanol–water partition coefficient (Wildman–Crippen LogP) is -0.733. The van der Waals surface area contributed by atoms with E-state index in [1.165, 1.54) is 7.37 Å². The number of nitrogens with zero attached hydrogens (tertiary/aromatic N) is 1. The van der Waals surface area contributed by atoms with E-state index in [-0.39, 0.29) is 0 Å². The fraction of sp³-hybridized carbons (Fsp3) is 1.00. The van der Waals surface area contributed by atoms with Crippen molar-refractivity contribution in [3.05, 3.63) is 0 Å². The molecule has 0 atom stereocenters. The summed E-state index contributed by atoms with van der Waals surface area (Å²) in [7, 11) is 10.1. The van der Waals surface area contributed by atoms with Gasteiger partial charge in [-0.3, -0.25) is 0 Å². The summed E-state index contributed by atoms with van der Waals surface area (Å²) in [5.41, 5.74) is 0. The maximum Gasteiger partial charge on any atom is 0.230 e. The molecule has 0 aliphatic carbocycles. The third-order valence-electron chi connectivity index (χ3n) is 0.753. The van der Waals surface area contributed by atoms with E-state index in [0.717, 1.165) is 6.54 Å². The molecular formula is C4H10B2NO. The van der Waals surface area contributed by atoms with Crippen molar-refractivity contribution in [2.75, 3.05) is 27.2 Å². The number of hydrogen-bond acceptors (Lipinski definition) is 2. The minimum atomic E-state index is 0.670. The summed E-state index contributed by atoms with van der Waals surface area (Å²) in [6, 6.07) is 0. The van der Waals surface area contributed by atoms with Crippen LogP contribution in [0.4, 0.5) is 0 Å². The van der Waals surface area contributed by atoms with Gasteiger partial charge in [0.2, 0.25) is 7.37 Å². The van der Waals surface area contributed by atoms with E-state index < -0.39 is 0 Å². The summed E-state index contributed by atoms with van der Waals surface area (Å²) in [5.74, 6) is 0. The second kappa shape index (κ2) is 5.19. The Morgan fingerprint density at radius 1 is 1.62 bits per heavy atom. The summed E-state index contributed by atoms with van der Waals surface area (Å²) < 4.78 is 4.76. The van der Waals surface area contributed by atoms with Crippen LogP contribution in [0.5, 0.6) is 0 Å². The quantitative estimate of drug-likeness (QED) is 0.349. The molecule has 0 unspecified atom stereocenters. The molecule has 4 heteroatoms. The minimum absolute atomic E-state index is 0.670. The average molecular weight is 110 g/mol. The second-order valence-corrected chi connectivity index (χ2v) is 1.81. The van der Waals surface area contributed by atoms with Crippen LogP contribution in [0.3, 0.4) is 0 Å². The van der Waals surface area contributed by atoms with Gasteiger partial charge < -0.3 is 9.55 Å². The van der Waals surface area contributed by atoms with Crippen LogP contribution in [0, 0.1) is 0 Å². The maximum atomic E-state index is 4.95. The highest BCUT2D eigenvalue weighted by Crippen LogP contribution is 1.73. The van der Waals surface area contributed by atoms with Gasteiger partial charge in [-0.05, 0) is 14.1 Å². The van der Waals surface area contributed by atoms with Crippen LogP contribution in [0.25, 0.3) is 0 Å². The minimum Gasteiger partial charge on any atom is -0.451 e. The molecule has 8 heavy (non-hydrogen) atoms. The van der Waals surface area contributed by atoms with Gasteiger partial charge in [-0.1, -0.05) is 0 Å². The highest BCUT2D eigenvalue weighted by Gasteiger charge is 1.86. The fourth-order valence-electron chi connectivity index (χ4n) is 0.303. The smallest absolute Gasteiger partial charge is 0.230 e. The van der Waals surface area contributed by atoms with Crippen molar-refractivity contribution in [1.82, 2.24) is 4.90 Å². The van der Waals surface area contributed by atoms with Crippen molar-refractivity contribution in [1.29, 1.82) is 0 Å². The van der Waals surface area contributed by atoms with Gasteiger partial charge in [-0.2, -0.15) is 0 Å². The van der Waals surface area contributed by atoms with E-state index in [0.29, 0.717) is 6.61 Å². The highest BCUT2D eigenvalue weighted by molar-refractivity contribution is 6.85. The standard InChI is InChI=1S/C4H10B2NO/c1-7(2)3-4-8-6-5/h3-4H2,1-2H3. The van der Waals surface area contributed by atoms with Crippen LogP contribution in [-0.2, 0) is 4.65 Å². The molecule has 0 heterocycles. The largest absolute Gasteiger partial charge is 0.451 e. The summed E-state index contributed by atoms with van der Waals surface area (Å²) in [5, 5.41) is 0. The van der Waals surface area contributed by atoms with Gasteiger partial charge in [0.25, 0.3) is 0 Å². The van der Waals surface area contributed by atoms with E-state index in [1.807, 2.05) is 19.0 Å². The molecular weight excluding hydrogens is 99.7 g/mol. The van der Waals surface area contributed by atoms with Crippen LogP contribution in [0.2, 0.25) is 0 Å². The van der Waals surface area contributed by atoms with Gasteiger partial charge in [0.1, 0.15) is 0 Å². The van der Waals surface area contributed by atoms with Crippen LogP contribution in [0.15, 0.2) is 0 Å². The molecule has 0 saturated heterocycles. The SMILES string of the molecule is [B][B]OCCN(C)C. The van der Waals surface area contributed by atoms with Gasteiger partial charge in [0, 0.05) is 13.2 Å². The van der Waals surface area contributed by atoms with Crippen molar-refractivity contribution in [2.24, 2.45) is 0 Å². The Balaban J connectivity index is 2.72. The fourth-order valence-corrected chi connectivity index (χ4v) is 0.303. The molecule has 0 N–H and O–H groups in total. The molecule has 0 aliphatic rings. The van der Waals surface area contributed by atoms with Crippen molar-refractivity contribution in [3.8, 4) is 0 Å². The first kappa shape index (κ1) is 8.05. The molecule has 3 radical (unpaired) electrons. The van der Waals surface area contributed by atoms with Crippen LogP contribution >= 0.6 is 0 Å². The molecule has 0 rings (SSSR count). The predicted molar refractivity (Wildman–Crippen MR) is 36.0 cm³/mol. The molecule has 43 valence electrons. The first-order chi connectivity index (χ1) is 3.77. The normalized spacial score (nSPS) is 9.88. The van der Waals surface area contributed by atoms with E-state index in [2.05, 4.69) is 0 Å². The Morgan fingerprint density at radius 3 is 2.62 bits per heavy atom. The lowest BCUT2D eigenvalue weighted by Crippen LogP contribution is -2.18. The number of likely N-dealkylation sites (N-methyl/N-ethyl adjacent to an activating group) is 1. The molecule has 2 nitrogen and oxygen atoms in total. The van der Waals surface area contributed by atoms with E-state index in [9.17, 15) is 0 Å². The molecule has 0 aliphatic heterocycles. The van der Waals surface area contributed by atoms with Crippen molar-refractivity contribution in [3.63, 3.8) is 0 Å². The topological polar surface area (TPSA) is 12.5 Å². The van der Waals surface area contributed by atoms with E-state index in [1.54, 1.807) is 0 Å². The van der Waals surface area contributed by atoms with Crippen LogP contribution in [-0.4, -0.2) is 47.3 Å². The van der Waals surface area contributed by atoms with E-state index >= 15 is 0 Å². The Kier molecular flexibility index (Phi) is 5.22. The highest BCUT2D eigenvalue weighted by atomic mass is 16.4. The summed E-state index contributed by atoms with van der Waals surface area (Å²) in [6.45, 7) is 1.58. The lowest BCUT2D eigenvalue weighted by molar-refractivity contribution is 0.276. The van der Waals surface area contributed by atoms with E-state index in [4.69, 9.17) is 12.4 Å². The molecule has 0 aromatic rings. The first-order valence-corrected chi connectivity index (χ1v) is 2.57. The maximum absolute atomic E-state index is 4.95. The molecule has 0 aromatic heterocycles. The number of hydrogen-bond donors (Lipinski definition) is 0. The van der Waals surface area contributed by atoms with Crippen molar-refractivity contribution >= 4 is 15.1 Å². The monoisotopic (exact) mass is 110 g/mol. The van der Waals surface area contributed by atoms with Crippen LogP contribution in [0.1, 0.15) is 0 Å². The molecule has 0 spiro atoms. The number of rotatable bonds is 4. The van der Waals surface area contributed by atoms with Gasteiger partial charge in [-0.25, -0.2) is 0 Å². The van der Waals surface area contributed by atoms with Crippen molar-refractivity contribution < 1.29 is 4.65 Å². The summed E-state index contributed by atoms with van der Waals surface area (Å²) in [6.07, 6.45) is 0. The third kappa shape index (κ3) is 6.05. The molecule has 0 saturated carbocycles. The second-order valence-electron chi connectivity index (χ2n) is 1.81. The summed E-state index contributed by atoms with van der Waals surface area (Å²) >= 11 is 0. The molecule has 0 amide bonds. The van der Waals surface area contributed by atoms with Crippen molar-refractivity contribution in [2.45, 2.75) is 0 Å². The zero-order valence-corrected chi connectivity index (χ0v) is 5.42. The Morgan fingerprint density at radius 2 is 2.25 bits per heavy atom. The summed E-state index contributed by atoms with van der Waals surface area (Å²) in [4.78, 5) is 2.03. The zero-order valence-electron chi connectivity index (χ0n) is 5.42. The van der Waals surface area contributed by atoms with Gasteiger partial charge >= 0.3 is 0 Å². The molecule has 0 aromatic carbocycles. The van der Waals surface area contributed by atoms with Gasteiger partial charge in [0.15, 0.2) is 0 Å². The third-order valence-corrected chi connectivity index (χ3v) is 0.753. The molecule has 0 bridgehead atoms. The zero-order chi connectivity index (χ0) is 6.41. The Hall–Kier alpha value is 0.0499. The van der Waals surface area contributed by atoms with Gasteiger partial charge in [0.05, 0.1) is 7.74 Å². The van der Waals surface area contributed by atoms with Crippen LogP contribution < -0.4 is 0 Å². The Bertz CT molecular complexity index is 51.3. The molecule has 0 fully saturated rings.